The third-order valence-electron chi connectivity index (χ3n) is 6.54. The van der Waals surface area contributed by atoms with Crippen molar-refractivity contribution in [3.05, 3.63) is 29.3 Å². The lowest BCUT2D eigenvalue weighted by molar-refractivity contribution is -0.154. The number of carbonyl (C=O) groups is 2. The number of hydrogen-bond acceptors (Lipinski definition) is 5. The number of nitrogens with one attached hydrogen (secondary N) is 1. The molecule has 3 fully saturated rings. The zero-order valence-electron chi connectivity index (χ0n) is 16.7. The second kappa shape index (κ2) is 8.31. The number of ether oxygens (including phenoxy) is 1. The van der Waals surface area contributed by atoms with Gasteiger partial charge in [0.05, 0.1) is 10.00 Å². The van der Waals surface area contributed by atoms with Crippen molar-refractivity contribution in [2.45, 2.75) is 50.0 Å². The average molecular weight is 420 g/mol. The fraction of sp³-hybridized carbons (Fsp3) is 0.636. The molecule has 3 aliphatic rings. The maximum atomic E-state index is 12.7. The van der Waals surface area contributed by atoms with Crippen LogP contribution < -0.4 is 5.32 Å². The van der Waals surface area contributed by atoms with E-state index in [0.717, 1.165) is 29.7 Å². The molecule has 1 aromatic rings. The van der Waals surface area contributed by atoms with E-state index < -0.39 is 0 Å². The fourth-order valence-electron chi connectivity index (χ4n) is 5.24. The number of aryl methyl sites for hydroxylation is 2. The maximum Gasteiger partial charge on any atom is 0.309 e. The monoisotopic (exact) mass is 419 g/mol. The fourth-order valence-corrected chi connectivity index (χ4v) is 9.18. The average Bonchev–Trinajstić information content (AvgIpc) is 3.12. The zero-order chi connectivity index (χ0) is 19.7. The van der Waals surface area contributed by atoms with Crippen LogP contribution in [0.4, 0.5) is 5.69 Å². The zero-order valence-corrected chi connectivity index (χ0v) is 18.3. The lowest BCUT2D eigenvalue weighted by Gasteiger charge is -2.51. The van der Waals surface area contributed by atoms with Crippen LogP contribution in [0.15, 0.2) is 18.2 Å². The summed E-state index contributed by atoms with van der Waals surface area (Å²) in [6, 6.07) is 5.89. The number of thioether (sulfide) groups is 2. The Morgan fingerprint density at radius 1 is 1.11 bits per heavy atom. The summed E-state index contributed by atoms with van der Waals surface area (Å²) in [5.41, 5.74) is 2.83. The van der Waals surface area contributed by atoms with Crippen LogP contribution in [0, 0.1) is 31.6 Å². The third-order valence-corrected chi connectivity index (χ3v) is 10.6. The minimum Gasteiger partial charge on any atom is -0.455 e. The summed E-state index contributed by atoms with van der Waals surface area (Å²) in [4.78, 5) is 25.0. The summed E-state index contributed by atoms with van der Waals surface area (Å²) >= 11 is 4.28. The molecule has 4 nitrogen and oxygen atoms in total. The number of amides is 1. The maximum absolute atomic E-state index is 12.7. The molecule has 1 heterocycles. The Morgan fingerprint density at radius 3 is 2.32 bits per heavy atom. The molecule has 2 aliphatic carbocycles. The molecule has 2 unspecified atom stereocenters. The van der Waals surface area contributed by atoms with Crippen molar-refractivity contribution in [2.24, 2.45) is 17.8 Å². The van der Waals surface area contributed by atoms with E-state index in [1.165, 1.54) is 30.8 Å². The summed E-state index contributed by atoms with van der Waals surface area (Å²) in [6.45, 7) is 3.72. The first-order valence-electron chi connectivity index (χ1n) is 10.3. The van der Waals surface area contributed by atoms with Crippen molar-refractivity contribution in [1.29, 1.82) is 0 Å². The van der Waals surface area contributed by atoms with E-state index in [0.29, 0.717) is 15.9 Å². The molecule has 6 heteroatoms. The van der Waals surface area contributed by atoms with E-state index >= 15 is 0 Å². The van der Waals surface area contributed by atoms with Crippen LogP contribution in [0.2, 0.25) is 0 Å². The lowest BCUT2D eigenvalue weighted by atomic mass is 9.67. The second-order valence-electron chi connectivity index (χ2n) is 8.33. The minimum atomic E-state index is -0.264. The molecule has 1 aliphatic heterocycles. The van der Waals surface area contributed by atoms with Gasteiger partial charge in [-0.15, -0.1) is 23.5 Å². The van der Waals surface area contributed by atoms with Gasteiger partial charge in [0.15, 0.2) is 6.61 Å². The van der Waals surface area contributed by atoms with Gasteiger partial charge >= 0.3 is 5.97 Å². The molecule has 152 valence electrons. The van der Waals surface area contributed by atoms with Gasteiger partial charge in [0, 0.05) is 17.2 Å². The highest BCUT2D eigenvalue weighted by Gasteiger charge is 2.55. The van der Waals surface area contributed by atoms with Gasteiger partial charge < -0.3 is 10.1 Å². The largest absolute Gasteiger partial charge is 0.455 e. The van der Waals surface area contributed by atoms with Crippen LogP contribution in [0.5, 0.6) is 0 Å². The first kappa shape index (κ1) is 20.1. The summed E-state index contributed by atoms with van der Waals surface area (Å²) in [7, 11) is 0. The number of esters is 1. The topological polar surface area (TPSA) is 55.4 Å². The highest BCUT2D eigenvalue weighted by Crippen LogP contribution is 2.64. The molecule has 0 aromatic heterocycles. The van der Waals surface area contributed by atoms with E-state index in [9.17, 15) is 9.59 Å². The molecule has 28 heavy (non-hydrogen) atoms. The molecule has 1 spiro atoms. The first-order valence-corrected chi connectivity index (χ1v) is 12.3. The quantitative estimate of drug-likeness (QED) is 0.711. The van der Waals surface area contributed by atoms with Crippen LogP contribution in [0.3, 0.4) is 0 Å². The Morgan fingerprint density at radius 2 is 1.71 bits per heavy atom. The molecular formula is C22H29NO3S2. The van der Waals surface area contributed by atoms with Gasteiger partial charge in [-0.1, -0.05) is 24.6 Å². The summed E-state index contributed by atoms with van der Waals surface area (Å²) in [6.07, 6.45) is 5.60. The van der Waals surface area contributed by atoms with Crippen molar-refractivity contribution >= 4 is 41.1 Å². The van der Waals surface area contributed by atoms with Gasteiger partial charge in [0.1, 0.15) is 0 Å². The standard InChI is InChI=1S/C22H29NO3S2/c1-14-5-3-6-15(2)20(14)23-19(24)13-26-21(25)16-11-17-7-4-8-18(12-16)22(17)27-9-10-28-22/h3,5-6,16-18H,4,7-13H2,1-2H3,(H,23,24). The number of carbonyl (C=O) groups excluding carboxylic acids is 2. The van der Waals surface area contributed by atoms with E-state index in [1.807, 2.05) is 32.0 Å². The Balaban J connectivity index is 1.33. The Hall–Kier alpha value is -1.14. The molecule has 0 radical (unpaired) electrons. The number of anilines is 1. The van der Waals surface area contributed by atoms with Crippen molar-refractivity contribution in [3.63, 3.8) is 0 Å². The molecule has 4 rings (SSSR count). The second-order valence-corrected chi connectivity index (χ2v) is 11.3. The van der Waals surface area contributed by atoms with Crippen LogP contribution in [-0.2, 0) is 14.3 Å². The van der Waals surface area contributed by atoms with Crippen LogP contribution in [-0.4, -0.2) is 34.1 Å². The Bertz CT molecular complexity index is 724. The predicted molar refractivity (Wildman–Crippen MR) is 117 cm³/mol. The molecule has 1 amide bonds. The van der Waals surface area contributed by atoms with Crippen molar-refractivity contribution in [2.75, 3.05) is 23.4 Å². The summed E-state index contributed by atoms with van der Waals surface area (Å²) < 4.78 is 5.80. The predicted octanol–water partition coefficient (Wildman–Crippen LogP) is 4.79. The van der Waals surface area contributed by atoms with Crippen LogP contribution >= 0.6 is 23.5 Å². The SMILES string of the molecule is Cc1cccc(C)c1NC(=O)COC(=O)C1CC2CCCC(C1)C21SCCS1. The van der Waals surface area contributed by atoms with Gasteiger partial charge in [0.25, 0.3) is 5.91 Å². The van der Waals surface area contributed by atoms with E-state index in [-0.39, 0.29) is 24.4 Å². The van der Waals surface area contributed by atoms with Crippen molar-refractivity contribution < 1.29 is 14.3 Å². The number of benzene rings is 1. The molecule has 2 atom stereocenters. The Labute approximate surface area is 175 Å². The normalized spacial score (nSPS) is 28.1. The minimum absolute atomic E-state index is 0.0456. The molecule has 1 aromatic carbocycles. The summed E-state index contributed by atoms with van der Waals surface area (Å²) in [5.74, 6) is 3.21. The van der Waals surface area contributed by atoms with E-state index in [1.54, 1.807) is 0 Å². The smallest absolute Gasteiger partial charge is 0.309 e. The lowest BCUT2D eigenvalue weighted by Crippen LogP contribution is -2.48. The van der Waals surface area contributed by atoms with E-state index in [4.69, 9.17) is 4.74 Å². The molecule has 1 N–H and O–H groups in total. The van der Waals surface area contributed by atoms with Crippen molar-refractivity contribution in [3.8, 4) is 0 Å². The van der Waals surface area contributed by atoms with Crippen molar-refractivity contribution in [1.82, 2.24) is 0 Å². The highest BCUT2D eigenvalue weighted by atomic mass is 32.2. The van der Waals surface area contributed by atoms with E-state index in [2.05, 4.69) is 28.8 Å². The molecular weight excluding hydrogens is 390 g/mol. The van der Waals surface area contributed by atoms with Gasteiger partial charge in [0.2, 0.25) is 0 Å². The number of para-hydroxylation sites is 1. The van der Waals surface area contributed by atoms with Gasteiger partial charge in [-0.3, -0.25) is 9.59 Å². The molecule has 2 saturated carbocycles. The summed E-state index contributed by atoms with van der Waals surface area (Å²) in [5, 5.41) is 2.89. The van der Waals surface area contributed by atoms with Gasteiger partial charge in [-0.05, 0) is 62.5 Å². The third kappa shape index (κ3) is 3.82. The molecule has 1 saturated heterocycles. The van der Waals surface area contributed by atoms with Gasteiger partial charge in [-0.25, -0.2) is 0 Å². The Kier molecular flexibility index (Phi) is 5.98. The number of rotatable bonds is 4. The van der Waals surface area contributed by atoms with Crippen LogP contribution in [0.1, 0.15) is 43.2 Å². The number of hydrogen-bond donors (Lipinski definition) is 1. The van der Waals surface area contributed by atoms with Gasteiger partial charge in [-0.2, -0.15) is 0 Å². The highest BCUT2D eigenvalue weighted by molar-refractivity contribution is 8.21. The molecule has 2 bridgehead atoms. The first-order chi connectivity index (χ1) is 13.5. The van der Waals surface area contributed by atoms with Crippen LogP contribution in [0.25, 0.3) is 0 Å².